The smallest absolute Gasteiger partial charge is 0.404 e. The predicted octanol–water partition coefficient (Wildman–Crippen LogP) is 2.21. The molecular formula is C12H14FNO3. The van der Waals surface area contributed by atoms with Crippen LogP contribution in [0.3, 0.4) is 0 Å². The molecule has 2 N–H and O–H groups in total. The highest BCUT2D eigenvalue weighted by atomic mass is 19.1. The standard InChI is InChI=1S/C12H14FNO3/c1-17-11-3-2-8(13)5-10(11)9-4-7(9)6-14-12(15)16/h2-3,5,7,9,14H,4,6H2,1H3,(H,15,16)/t7-,9+/m0/s1. The average molecular weight is 239 g/mol. The molecular weight excluding hydrogens is 225 g/mol. The van der Waals surface area contributed by atoms with E-state index in [4.69, 9.17) is 9.84 Å². The van der Waals surface area contributed by atoms with Crippen LogP contribution in [-0.4, -0.2) is 24.9 Å². The lowest BCUT2D eigenvalue weighted by Gasteiger charge is -2.08. The third kappa shape index (κ3) is 2.67. The first kappa shape index (κ1) is 11.7. The van der Waals surface area contributed by atoms with E-state index in [2.05, 4.69) is 5.32 Å². The lowest BCUT2D eigenvalue weighted by molar-refractivity contribution is 0.194. The Morgan fingerprint density at radius 3 is 3.06 bits per heavy atom. The maximum atomic E-state index is 13.1. The van der Waals surface area contributed by atoms with E-state index < -0.39 is 6.09 Å². The van der Waals surface area contributed by atoms with Gasteiger partial charge in [0.2, 0.25) is 0 Å². The normalized spacial score (nSPS) is 22.0. The fourth-order valence-corrected chi connectivity index (χ4v) is 2.07. The number of hydrogen-bond donors (Lipinski definition) is 2. The number of methoxy groups -OCH3 is 1. The second kappa shape index (κ2) is 4.61. The van der Waals surface area contributed by atoms with Crippen LogP contribution < -0.4 is 10.1 Å². The van der Waals surface area contributed by atoms with Gasteiger partial charge in [-0.05, 0) is 36.5 Å². The Morgan fingerprint density at radius 2 is 2.41 bits per heavy atom. The van der Waals surface area contributed by atoms with Crippen molar-refractivity contribution >= 4 is 6.09 Å². The van der Waals surface area contributed by atoms with E-state index in [9.17, 15) is 9.18 Å². The molecule has 0 radical (unpaired) electrons. The highest BCUT2D eigenvalue weighted by Crippen LogP contribution is 2.50. The van der Waals surface area contributed by atoms with Crippen molar-refractivity contribution in [3.63, 3.8) is 0 Å². The van der Waals surface area contributed by atoms with E-state index in [1.54, 1.807) is 13.2 Å². The number of carboxylic acid groups (broad SMARTS) is 1. The SMILES string of the molecule is COc1ccc(F)cc1[C@@H]1C[C@H]1CNC(=O)O. The van der Waals surface area contributed by atoms with Gasteiger partial charge in [-0.2, -0.15) is 0 Å². The zero-order valence-corrected chi connectivity index (χ0v) is 9.44. The van der Waals surface area contributed by atoms with Crippen LogP contribution >= 0.6 is 0 Å². The largest absolute Gasteiger partial charge is 0.496 e. The van der Waals surface area contributed by atoms with E-state index >= 15 is 0 Å². The minimum absolute atomic E-state index is 0.187. The van der Waals surface area contributed by atoms with Crippen LogP contribution in [0.2, 0.25) is 0 Å². The van der Waals surface area contributed by atoms with Crippen molar-refractivity contribution in [2.24, 2.45) is 5.92 Å². The van der Waals surface area contributed by atoms with Crippen molar-refractivity contribution < 1.29 is 19.0 Å². The maximum Gasteiger partial charge on any atom is 0.404 e. The summed E-state index contributed by atoms with van der Waals surface area (Å²) in [6.45, 7) is 0.402. The summed E-state index contributed by atoms with van der Waals surface area (Å²) in [6, 6.07) is 4.42. The first-order chi connectivity index (χ1) is 8.11. The van der Waals surface area contributed by atoms with Crippen LogP contribution in [0.15, 0.2) is 18.2 Å². The second-order valence-corrected chi connectivity index (χ2v) is 4.17. The summed E-state index contributed by atoms with van der Waals surface area (Å²) in [5, 5.41) is 10.8. The molecule has 92 valence electrons. The molecule has 0 aliphatic heterocycles. The van der Waals surface area contributed by atoms with Crippen molar-refractivity contribution in [1.82, 2.24) is 5.32 Å². The highest BCUT2D eigenvalue weighted by molar-refractivity contribution is 5.64. The Labute approximate surface area is 98.4 Å². The summed E-state index contributed by atoms with van der Waals surface area (Å²) < 4.78 is 18.3. The number of nitrogens with one attached hydrogen (secondary N) is 1. The van der Waals surface area contributed by atoms with Gasteiger partial charge in [0.1, 0.15) is 11.6 Å². The summed E-state index contributed by atoms with van der Waals surface area (Å²) in [5.74, 6) is 0.793. The zero-order valence-electron chi connectivity index (χ0n) is 9.44. The van der Waals surface area contributed by atoms with Crippen molar-refractivity contribution in [2.45, 2.75) is 12.3 Å². The summed E-state index contributed by atoms with van der Waals surface area (Å²) in [4.78, 5) is 10.4. The number of hydrogen-bond acceptors (Lipinski definition) is 2. The van der Waals surface area contributed by atoms with Gasteiger partial charge in [-0.1, -0.05) is 0 Å². The van der Waals surface area contributed by atoms with Gasteiger partial charge in [-0.3, -0.25) is 0 Å². The molecule has 2 atom stereocenters. The Balaban J connectivity index is 2.04. The molecule has 2 rings (SSSR count). The number of halogens is 1. The lowest BCUT2D eigenvalue weighted by Crippen LogP contribution is -2.23. The lowest BCUT2D eigenvalue weighted by atomic mass is 10.1. The quantitative estimate of drug-likeness (QED) is 0.846. The average Bonchev–Trinajstić information content (AvgIpc) is 3.05. The van der Waals surface area contributed by atoms with Gasteiger partial charge in [0.25, 0.3) is 0 Å². The summed E-state index contributed by atoms with van der Waals surface area (Å²) in [6.07, 6.45) is -0.165. The third-order valence-electron chi connectivity index (χ3n) is 3.03. The van der Waals surface area contributed by atoms with Gasteiger partial charge < -0.3 is 15.2 Å². The molecule has 0 saturated heterocycles. The van der Waals surface area contributed by atoms with Crippen molar-refractivity contribution in [3.05, 3.63) is 29.6 Å². The van der Waals surface area contributed by atoms with Crippen LogP contribution in [0.4, 0.5) is 9.18 Å². The number of amides is 1. The molecule has 1 aliphatic carbocycles. The van der Waals surface area contributed by atoms with Crippen LogP contribution in [0.1, 0.15) is 17.9 Å². The van der Waals surface area contributed by atoms with Crippen molar-refractivity contribution in [1.29, 1.82) is 0 Å². The van der Waals surface area contributed by atoms with Gasteiger partial charge in [0.15, 0.2) is 0 Å². The van der Waals surface area contributed by atoms with Crippen LogP contribution in [-0.2, 0) is 0 Å². The number of carbonyl (C=O) groups is 1. The van der Waals surface area contributed by atoms with E-state index in [1.807, 2.05) is 0 Å². The topological polar surface area (TPSA) is 58.6 Å². The Morgan fingerprint density at radius 1 is 1.65 bits per heavy atom. The minimum atomic E-state index is -1.03. The van der Waals surface area contributed by atoms with Gasteiger partial charge >= 0.3 is 6.09 Å². The van der Waals surface area contributed by atoms with Gasteiger partial charge in [0, 0.05) is 12.1 Å². The fourth-order valence-electron chi connectivity index (χ4n) is 2.07. The van der Waals surface area contributed by atoms with E-state index in [0.29, 0.717) is 12.3 Å². The molecule has 1 aromatic carbocycles. The second-order valence-electron chi connectivity index (χ2n) is 4.17. The van der Waals surface area contributed by atoms with Gasteiger partial charge in [-0.15, -0.1) is 0 Å². The van der Waals surface area contributed by atoms with Crippen LogP contribution in [0.5, 0.6) is 5.75 Å². The monoisotopic (exact) mass is 239 g/mol. The fraction of sp³-hybridized carbons (Fsp3) is 0.417. The Kier molecular flexibility index (Phi) is 3.17. The molecule has 0 heterocycles. The Bertz CT molecular complexity index is 436. The molecule has 1 saturated carbocycles. The minimum Gasteiger partial charge on any atom is -0.496 e. The molecule has 0 unspecified atom stereocenters. The van der Waals surface area contributed by atoms with Crippen LogP contribution in [0.25, 0.3) is 0 Å². The highest BCUT2D eigenvalue weighted by Gasteiger charge is 2.40. The molecule has 17 heavy (non-hydrogen) atoms. The summed E-state index contributed by atoms with van der Waals surface area (Å²) in [5.41, 5.74) is 0.824. The number of ether oxygens (including phenoxy) is 1. The zero-order chi connectivity index (χ0) is 12.4. The van der Waals surface area contributed by atoms with Crippen LogP contribution in [0, 0.1) is 11.7 Å². The molecule has 5 heteroatoms. The first-order valence-electron chi connectivity index (χ1n) is 5.42. The third-order valence-corrected chi connectivity index (χ3v) is 3.03. The molecule has 0 bridgehead atoms. The number of benzene rings is 1. The predicted molar refractivity (Wildman–Crippen MR) is 59.8 cm³/mol. The molecule has 1 aromatic rings. The molecule has 1 fully saturated rings. The molecule has 0 spiro atoms. The van der Waals surface area contributed by atoms with Gasteiger partial charge in [0.05, 0.1) is 7.11 Å². The van der Waals surface area contributed by atoms with E-state index in [0.717, 1.165) is 12.0 Å². The summed E-state index contributed by atoms with van der Waals surface area (Å²) in [7, 11) is 1.55. The Hall–Kier alpha value is -1.78. The van der Waals surface area contributed by atoms with E-state index in [1.165, 1.54) is 12.1 Å². The molecule has 1 aliphatic rings. The maximum absolute atomic E-state index is 13.1. The van der Waals surface area contributed by atoms with Gasteiger partial charge in [-0.25, -0.2) is 9.18 Å². The van der Waals surface area contributed by atoms with Crippen molar-refractivity contribution in [2.75, 3.05) is 13.7 Å². The number of rotatable bonds is 4. The molecule has 0 aromatic heterocycles. The molecule has 1 amide bonds. The first-order valence-corrected chi connectivity index (χ1v) is 5.42. The van der Waals surface area contributed by atoms with Crippen molar-refractivity contribution in [3.8, 4) is 5.75 Å². The van der Waals surface area contributed by atoms with E-state index in [-0.39, 0.29) is 17.7 Å². The molecule has 4 nitrogen and oxygen atoms in total. The summed E-state index contributed by atoms with van der Waals surface area (Å²) >= 11 is 0.